The molecular weight excluding hydrogens is 272 g/mol. The molecule has 0 aliphatic carbocycles. The molecule has 0 heterocycles. The average molecular weight is 294 g/mol. The topological polar surface area (TPSA) is 92.5 Å². The zero-order chi connectivity index (χ0) is 15.8. The number of hydrogen-bond acceptors (Lipinski definition) is 4. The third kappa shape index (κ3) is 5.81. The van der Waals surface area contributed by atoms with Crippen molar-refractivity contribution in [3.63, 3.8) is 0 Å². The summed E-state index contributed by atoms with van der Waals surface area (Å²) in [4.78, 5) is 21.1. The van der Waals surface area contributed by atoms with Crippen LogP contribution in [0.4, 0.5) is 11.4 Å². The Balaban J connectivity index is 2.54. The van der Waals surface area contributed by atoms with E-state index in [2.05, 4.69) is 19.2 Å². The van der Waals surface area contributed by atoms with Gasteiger partial charge in [0.15, 0.2) is 0 Å². The maximum atomic E-state index is 10.9. The molecular formula is C15H22N2O4. The molecule has 0 aliphatic heterocycles. The van der Waals surface area contributed by atoms with E-state index in [1.807, 2.05) is 0 Å². The van der Waals surface area contributed by atoms with Gasteiger partial charge < -0.3 is 10.4 Å². The van der Waals surface area contributed by atoms with Crippen molar-refractivity contribution in [2.24, 2.45) is 11.8 Å². The first-order valence-corrected chi connectivity index (χ1v) is 7.11. The van der Waals surface area contributed by atoms with Crippen LogP contribution in [0, 0.1) is 22.0 Å². The third-order valence-corrected chi connectivity index (χ3v) is 3.60. The van der Waals surface area contributed by atoms with Crippen molar-refractivity contribution in [1.29, 1.82) is 0 Å². The Hall–Kier alpha value is -2.11. The van der Waals surface area contributed by atoms with E-state index in [-0.39, 0.29) is 18.0 Å². The van der Waals surface area contributed by atoms with Crippen LogP contribution < -0.4 is 5.32 Å². The fourth-order valence-electron chi connectivity index (χ4n) is 2.29. The first kappa shape index (κ1) is 16.9. The number of nitro groups is 1. The van der Waals surface area contributed by atoms with Gasteiger partial charge in [0.25, 0.3) is 5.69 Å². The largest absolute Gasteiger partial charge is 0.481 e. The fraction of sp³-hybridized carbons (Fsp3) is 0.533. The summed E-state index contributed by atoms with van der Waals surface area (Å²) in [6.07, 6.45) is 1.58. The second kappa shape index (κ2) is 8.24. The van der Waals surface area contributed by atoms with Gasteiger partial charge in [0.05, 0.1) is 4.92 Å². The van der Waals surface area contributed by atoms with Gasteiger partial charge >= 0.3 is 5.97 Å². The molecule has 0 aromatic heterocycles. The van der Waals surface area contributed by atoms with Gasteiger partial charge in [-0.1, -0.05) is 26.0 Å². The normalized spacial score (nSPS) is 12.1. The van der Waals surface area contributed by atoms with Crippen molar-refractivity contribution in [2.75, 3.05) is 11.9 Å². The van der Waals surface area contributed by atoms with Crippen LogP contribution in [0.15, 0.2) is 24.3 Å². The Labute approximate surface area is 124 Å². The maximum Gasteiger partial charge on any atom is 0.303 e. The molecule has 2 N–H and O–H groups in total. The minimum Gasteiger partial charge on any atom is -0.481 e. The van der Waals surface area contributed by atoms with Crippen molar-refractivity contribution in [1.82, 2.24) is 0 Å². The van der Waals surface area contributed by atoms with Crippen LogP contribution in [0.1, 0.15) is 33.1 Å². The minimum atomic E-state index is -0.785. The van der Waals surface area contributed by atoms with E-state index in [4.69, 9.17) is 5.11 Å². The summed E-state index contributed by atoms with van der Waals surface area (Å²) in [5.41, 5.74) is 0.562. The van der Waals surface area contributed by atoms with Gasteiger partial charge in [-0.25, -0.2) is 0 Å². The molecule has 0 saturated carbocycles. The van der Waals surface area contributed by atoms with Gasteiger partial charge in [-0.15, -0.1) is 0 Å². The van der Waals surface area contributed by atoms with Crippen LogP contribution in [0.3, 0.4) is 0 Å². The maximum absolute atomic E-state index is 10.9. The van der Waals surface area contributed by atoms with Crippen LogP contribution in [0.2, 0.25) is 0 Å². The first-order chi connectivity index (χ1) is 9.91. The summed E-state index contributed by atoms with van der Waals surface area (Å²) in [7, 11) is 0. The number of anilines is 1. The Morgan fingerprint density at radius 1 is 1.33 bits per heavy atom. The van der Waals surface area contributed by atoms with Crippen molar-refractivity contribution in [3.05, 3.63) is 34.4 Å². The molecule has 116 valence electrons. The van der Waals surface area contributed by atoms with Crippen molar-refractivity contribution in [2.45, 2.75) is 33.1 Å². The van der Waals surface area contributed by atoms with Crippen molar-refractivity contribution >= 4 is 17.3 Å². The van der Waals surface area contributed by atoms with Gasteiger partial charge in [0, 0.05) is 19.0 Å². The molecule has 0 fully saturated rings. The minimum absolute atomic E-state index is 0.0594. The number of carboxylic acid groups (broad SMARTS) is 1. The van der Waals surface area contributed by atoms with Gasteiger partial charge in [0.1, 0.15) is 5.69 Å². The average Bonchev–Trinajstić information content (AvgIpc) is 2.42. The number of nitrogens with one attached hydrogen (secondary N) is 1. The molecule has 1 aromatic carbocycles. The Morgan fingerprint density at radius 3 is 2.57 bits per heavy atom. The zero-order valence-electron chi connectivity index (χ0n) is 12.4. The lowest BCUT2D eigenvalue weighted by Crippen LogP contribution is -2.16. The van der Waals surface area contributed by atoms with Crippen molar-refractivity contribution < 1.29 is 14.8 Å². The van der Waals surface area contributed by atoms with Crippen LogP contribution >= 0.6 is 0 Å². The van der Waals surface area contributed by atoms with E-state index < -0.39 is 10.9 Å². The second-order valence-electron chi connectivity index (χ2n) is 5.43. The summed E-state index contributed by atoms with van der Waals surface area (Å²) in [6.45, 7) is 4.72. The van der Waals surface area contributed by atoms with Crippen LogP contribution in [-0.2, 0) is 4.79 Å². The standard InChI is InChI=1S/C15H22N2O4/c1-11(2)12(7-8-15(18)19)9-10-16-13-5-3-4-6-14(13)17(20)21/h3-6,11-12,16H,7-10H2,1-2H3,(H,18,19). The van der Waals surface area contributed by atoms with Crippen LogP contribution in [0.25, 0.3) is 0 Å². The molecule has 0 radical (unpaired) electrons. The Bertz CT molecular complexity index is 488. The number of benzene rings is 1. The third-order valence-electron chi connectivity index (χ3n) is 3.60. The molecule has 1 atom stereocenters. The highest BCUT2D eigenvalue weighted by atomic mass is 16.6. The number of nitro benzene ring substituents is 1. The molecule has 1 aromatic rings. The lowest BCUT2D eigenvalue weighted by Gasteiger charge is -2.20. The predicted molar refractivity (Wildman–Crippen MR) is 81.4 cm³/mol. The highest BCUT2D eigenvalue weighted by Gasteiger charge is 2.16. The number of nitrogens with zero attached hydrogens (tertiary/aromatic N) is 1. The molecule has 21 heavy (non-hydrogen) atoms. The van der Waals surface area contributed by atoms with Gasteiger partial charge in [-0.05, 0) is 30.7 Å². The Morgan fingerprint density at radius 2 is 2.00 bits per heavy atom. The number of para-hydroxylation sites is 2. The number of hydrogen-bond donors (Lipinski definition) is 2. The molecule has 6 nitrogen and oxygen atoms in total. The predicted octanol–water partition coefficient (Wildman–Crippen LogP) is 3.53. The number of aliphatic carboxylic acids is 1. The van der Waals surface area contributed by atoms with Crippen molar-refractivity contribution in [3.8, 4) is 0 Å². The zero-order valence-corrected chi connectivity index (χ0v) is 12.4. The smallest absolute Gasteiger partial charge is 0.303 e. The van der Waals surface area contributed by atoms with Gasteiger partial charge in [0.2, 0.25) is 0 Å². The quantitative estimate of drug-likeness (QED) is 0.537. The van der Waals surface area contributed by atoms with Crippen LogP contribution in [-0.4, -0.2) is 22.5 Å². The molecule has 0 saturated heterocycles. The first-order valence-electron chi connectivity index (χ1n) is 7.11. The van der Waals surface area contributed by atoms with E-state index >= 15 is 0 Å². The summed E-state index contributed by atoms with van der Waals surface area (Å²) in [5.74, 6) is -0.111. The summed E-state index contributed by atoms with van der Waals surface area (Å²) >= 11 is 0. The highest BCUT2D eigenvalue weighted by molar-refractivity contribution is 5.66. The number of carbonyl (C=O) groups is 1. The molecule has 0 spiro atoms. The summed E-state index contributed by atoms with van der Waals surface area (Å²) < 4.78 is 0. The number of rotatable bonds is 9. The van der Waals surface area contributed by atoms with E-state index in [0.29, 0.717) is 24.6 Å². The molecule has 0 aliphatic rings. The van der Waals surface area contributed by atoms with Gasteiger partial charge in [-0.3, -0.25) is 14.9 Å². The molecule has 0 bridgehead atoms. The SMILES string of the molecule is CC(C)C(CCNc1ccccc1[N+](=O)[O-])CCC(=O)O. The summed E-state index contributed by atoms with van der Waals surface area (Å²) in [5, 5.41) is 22.7. The highest BCUT2D eigenvalue weighted by Crippen LogP contribution is 2.25. The molecule has 6 heteroatoms. The van der Waals surface area contributed by atoms with E-state index in [1.54, 1.807) is 18.2 Å². The second-order valence-corrected chi connectivity index (χ2v) is 5.43. The monoisotopic (exact) mass is 294 g/mol. The van der Waals surface area contributed by atoms with E-state index in [9.17, 15) is 14.9 Å². The van der Waals surface area contributed by atoms with E-state index in [1.165, 1.54) is 6.07 Å². The number of carboxylic acids is 1. The van der Waals surface area contributed by atoms with E-state index in [0.717, 1.165) is 6.42 Å². The fourth-order valence-corrected chi connectivity index (χ4v) is 2.29. The molecule has 1 unspecified atom stereocenters. The van der Waals surface area contributed by atoms with Gasteiger partial charge in [-0.2, -0.15) is 0 Å². The Kier molecular flexibility index (Phi) is 6.65. The summed E-state index contributed by atoms with van der Waals surface area (Å²) in [6, 6.07) is 6.53. The molecule has 1 rings (SSSR count). The van der Waals surface area contributed by atoms with Crippen LogP contribution in [0.5, 0.6) is 0 Å². The lowest BCUT2D eigenvalue weighted by molar-refractivity contribution is -0.384. The lowest BCUT2D eigenvalue weighted by atomic mass is 9.88. The molecule has 0 amide bonds.